The fourth-order valence-electron chi connectivity index (χ4n) is 2.93. The second-order valence-electron chi connectivity index (χ2n) is 8.32. The molecule has 38 heavy (non-hydrogen) atoms. The van der Waals surface area contributed by atoms with Crippen molar-refractivity contribution in [2.75, 3.05) is 24.7 Å². The van der Waals surface area contributed by atoms with Gasteiger partial charge < -0.3 is 9.47 Å². The number of rotatable bonds is 16. The van der Waals surface area contributed by atoms with E-state index in [1.807, 2.05) is 62.4 Å². The topological polar surface area (TPSA) is 69.7 Å². The summed E-state index contributed by atoms with van der Waals surface area (Å²) in [4.78, 5) is 38.1. The van der Waals surface area contributed by atoms with Crippen molar-refractivity contribution in [3.8, 4) is 0 Å². The van der Waals surface area contributed by atoms with E-state index in [1.54, 1.807) is 37.4 Å². The Bertz CT molecular complexity index is 1030. The maximum atomic E-state index is 12.9. The molecule has 0 aliphatic carbocycles. The molecule has 0 saturated heterocycles. The minimum absolute atomic E-state index is 0.00871. The largest absolute Gasteiger partial charge is 0.367 e. The van der Waals surface area contributed by atoms with E-state index in [-0.39, 0.29) is 26.9 Å². The standard InChI is InChI=1S/C29H34O5S4/c1-19(2)28(31)35-17-15-33-21(5)37-25-11-7-23(8-12-25)27(30)24-9-13-26(14-10-24)38-22(6)34-16-18-36-29(32)20(3)4/h7-14,21-22H,1,3,15-18H2,2,4-6H3. The number of thioether (sulfide) groups is 4. The van der Waals surface area contributed by atoms with Gasteiger partial charge in [-0.1, -0.05) is 60.2 Å². The molecule has 0 amide bonds. The number of ether oxygens (including phenoxy) is 2. The molecule has 0 spiro atoms. The number of carbonyl (C=O) groups excluding carboxylic acids is 3. The molecule has 0 aromatic heterocycles. The summed E-state index contributed by atoms with van der Waals surface area (Å²) < 4.78 is 11.5. The van der Waals surface area contributed by atoms with Crippen LogP contribution in [0.3, 0.4) is 0 Å². The Morgan fingerprint density at radius 2 is 1.03 bits per heavy atom. The third-order valence-corrected chi connectivity index (χ3v) is 8.86. The minimum Gasteiger partial charge on any atom is -0.367 e. The van der Waals surface area contributed by atoms with Gasteiger partial charge in [-0.25, -0.2) is 0 Å². The Morgan fingerprint density at radius 3 is 1.34 bits per heavy atom. The first-order chi connectivity index (χ1) is 18.1. The van der Waals surface area contributed by atoms with E-state index < -0.39 is 0 Å². The summed E-state index contributed by atoms with van der Waals surface area (Å²) >= 11 is 5.55. The zero-order chi connectivity index (χ0) is 28.1. The highest BCUT2D eigenvalue weighted by Gasteiger charge is 2.12. The van der Waals surface area contributed by atoms with Gasteiger partial charge >= 0.3 is 0 Å². The van der Waals surface area contributed by atoms with E-state index in [2.05, 4.69) is 13.2 Å². The van der Waals surface area contributed by atoms with E-state index in [0.717, 1.165) is 9.79 Å². The van der Waals surface area contributed by atoms with Crippen molar-refractivity contribution in [3.05, 3.63) is 84.0 Å². The van der Waals surface area contributed by atoms with Crippen LogP contribution in [0.4, 0.5) is 0 Å². The second kappa shape index (κ2) is 17.0. The number of hydrogen-bond donors (Lipinski definition) is 0. The predicted molar refractivity (Wildman–Crippen MR) is 163 cm³/mol. The Hall–Kier alpha value is -1.75. The van der Waals surface area contributed by atoms with Crippen molar-refractivity contribution < 1.29 is 23.9 Å². The van der Waals surface area contributed by atoms with Crippen molar-refractivity contribution in [2.45, 2.75) is 48.4 Å². The molecule has 0 N–H and O–H groups in total. The van der Waals surface area contributed by atoms with Gasteiger partial charge in [-0.3, -0.25) is 14.4 Å². The molecule has 0 radical (unpaired) electrons. The Morgan fingerprint density at radius 1 is 0.684 bits per heavy atom. The summed E-state index contributed by atoms with van der Waals surface area (Å²) in [7, 11) is 0. The molecule has 0 aliphatic rings. The number of benzene rings is 2. The smallest absolute Gasteiger partial charge is 0.214 e. The molecule has 0 fully saturated rings. The van der Waals surface area contributed by atoms with Gasteiger partial charge in [0, 0.05) is 32.4 Å². The number of hydrogen-bond acceptors (Lipinski definition) is 9. The van der Waals surface area contributed by atoms with Gasteiger partial charge in [-0.05, 0) is 87.4 Å². The van der Waals surface area contributed by atoms with Crippen molar-refractivity contribution in [2.24, 2.45) is 0 Å². The summed E-state index contributed by atoms with van der Waals surface area (Å²) in [5.41, 5.74) is 2.18. The SMILES string of the molecule is C=C(C)C(=O)SCCOC(C)Sc1ccc(C(=O)c2ccc(SC(C)OCCSC(=O)C(=C)C)cc2)cc1. The molecule has 2 rings (SSSR count). The molecule has 0 saturated carbocycles. The first-order valence-corrected chi connectivity index (χ1v) is 15.8. The highest BCUT2D eigenvalue weighted by molar-refractivity contribution is 8.14. The Kier molecular flexibility index (Phi) is 14.6. The van der Waals surface area contributed by atoms with Gasteiger partial charge in [0.2, 0.25) is 10.2 Å². The molecule has 0 bridgehead atoms. The fraction of sp³-hybridized carbons (Fsp3) is 0.345. The van der Waals surface area contributed by atoms with Gasteiger partial charge in [0.1, 0.15) is 10.9 Å². The molecule has 5 nitrogen and oxygen atoms in total. The van der Waals surface area contributed by atoms with E-state index >= 15 is 0 Å². The summed E-state index contributed by atoms with van der Waals surface area (Å²) in [6.45, 7) is 15.6. The molecular formula is C29H34O5S4. The minimum atomic E-state index is -0.0777. The average Bonchev–Trinajstić information content (AvgIpc) is 2.89. The van der Waals surface area contributed by atoms with Crippen LogP contribution >= 0.6 is 47.0 Å². The van der Waals surface area contributed by atoms with E-state index in [4.69, 9.17) is 9.47 Å². The van der Waals surface area contributed by atoms with Crippen molar-refractivity contribution >= 4 is 63.1 Å². The number of carbonyl (C=O) groups is 3. The average molecular weight is 591 g/mol. The first kappa shape index (κ1) is 32.5. The van der Waals surface area contributed by atoms with Crippen LogP contribution in [0.15, 0.2) is 82.6 Å². The molecule has 2 atom stereocenters. The van der Waals surface area contributed by atoms with Crippen LogP contribution in [0.2, 0.25) is 0 Å². The lowest BCUT2D eigenvalue weighted by atomic mass is 10.0. The van der Waals surface area contributed by atoms with Crippen LogP contribution in [-0.2, 0) is 19.1 Å². The zero-order valence-electron chi connectivity index (χ0n) is 22.2. The molecule has 2 unspecified atom stereocenters. The molecule has 0 heterocycles. The Labute approximate surface area is 243 Å². The number of ketones is 1. The third-order valence-electron chi connectivity index (χ3n) is 4.87. The maximum Gasteiger partial charge on any atom is 0.214 e. The zero-order valence-corrected chi connectivity index (χ0v) is 25.5. The van der Waals surface area contributed by atoms with E-state index in [1.165, 1.54) is 23.5 Å². The monoisotopic (exact) mass is 590 g/mol. The van der Waals surface area contributed by atoms with Gasteiger partial charge in [0.15, 0.2) is 5.78 Å². The normalized spacial score (nSPS) is 12.5. The van der Waals surface area contributed by atoms with Crippen molar-refractivity contribution in [1.82, 2.24) is 0 Å². The van der Waals surface area contributed by atoms with Crippen LogP contribution < -0.4 is 0 Å². The van der Waals surface area contributed by atoms with Gasteiger partial charge in [-0.2, -0.15) is 0 Å². The van der Waals surface area contributed by atoms with Crippen LogP contribution in [-0.4, -0.2) is 51.6 Å². The van der Waals surface area contributed by atoms with E-state index in [0.29, 0.717) is 47.0 Å². The lowest BCUT2D eigenvalue weighted by molar-refractivity contribution is -0.108. The highest BCUT2D eigenvalue weighted by Crippen LogP contribution is 2.27. The highest BCUT2D eigenvalue weighted by atomic mass is 32.2. The molecular weight excluding hydrogens is 557 g/mol. The third kappa shape index (κ3) is 12.0. The lowest BCUT2D eigenvalue weighted by Crippen LogP contribution is -2.08. The van der Waals surface area contributed by atoms with Crippen LogP contribution in [0.25, 0.3) is 0 Å². The summed E-state index contributed by atoms with van der Waals surface area (Å²) in [5.74, 6) is 1.14. The maximum absolute atomic E-state index is 12.9. The fourth-order valence-corrected chi connectivity index (χ4v) is 5.84. The predicted octanol–water partition coefficient (Wildman–Crippen LogP) is 7.50. The second-order valence-corrected chi connectivity index (χ2v) is 13.2. The molecule has 2 aromatic carbocycles. The van der Waals surface area contributed by atoms with Gasteiger partial charge in [0.05, 0.1) is 13.2 Å². The Balaban J connectivity index is 1.78. The molecule has 9 heteroatoms. The quantitative estimate of drug-likeness (QED) is 0.0650. The van der Waals surface area contributed by atoms with Crippen LogP contribution in [0, 0.1) is 0 Å². The van der Waals surface area contributed by atoms with Crippen LogP contribution in [0.5, 0.6) is 0 Å². The van der Waals surface area contributed by atoms with E-state index in [9.17, 15) is 14.4 Å². The first-order valence-electron chi connectivity index (χ1n) is 12.0. The molecule has 204 valence electrons. The molecule has 0 aliphatic heterocycles. The summed E-state index contributed by atoms with van der Waals surface area (Å²) in [5, 5.41) is -0.0174. The van der Waals surface area contributed by atoms with Crippen molar-refractivity contribution in [1.29, 1.82) is 0 Å². The van der Waals surface area contributed by atoms with Gasteiger partial charge in [0.25, 0.3) is 0 Å². The summed E-state index contributed by atoms with van der Waals surface area (Å²) in [6, 6.07) is 15.0. The summed E-state index contributed by atoms with van der Waals surface area (Å²) in [6.07, 6.45) is 0. The van der Waals surface area contributed by atoms with Gasteiger partial charge in [-0.15, -0.1) is 0 Å². The molecule has 2 aromatic rings. The van der Waals surface area contributed by atoms with Crippen molar-refractivity contribution in [3.63, 3.8) is 0 Å². The van der Waals surface area contributed by atoms with Crippen LogP contribution in [0.1, 0.15) is 43.6 Å². The lowest BCUT2D eigenvalue weighted by Gasteiger charge is -2.13.